The topological polar surface area (TPSA) is 0 Å². The van der Waals surface area contributed by atoms with Crippen LogP contribution in [0, 0.1) is 0 Å². The Morgan fingerprint density at radius 3 is 0.794 bits per heavy atom. The molecule has 0 aliphatic heterocycles. The molecule has 34 heavy (non-hydrogen) atoms. The van der Waals surface area contributed by atoms with Gasteiger partial charge >= 0.3 is 217 Å². The van der Waals surface area contributed by atoms with Gasteiger partial charge in [0, 0.05) is 0 Å². The van der Waals surface area contributed by atoms with Crippen molar-refractivity contribution >= 4 is 46.7 Å². The third-order valence-corrected chi connectivity index (χ3v) is 17.2. The van der Waals surface area contributed by atoms with Gasteiger partial charge in [0.25, 0.3) is 0 Å². The Kier molecular flexibility index (Phi) is 10.6. The summed E-state index contributed by atoms with van der Waals surface area (Å²) in [5, 5.41) is 2.77. The first kappa shape index (κ1) is 25.1. The summed E-state index contributed by atoms with van der Waals surface area (Å²) in [5.41, 5.74) is 0. The zero-order chi connectivity index (χ0) is 23.3. The van der Waals surface area contributed by atoms with Crippen molar-refractivity contribution in [3.63, 3.8) is 0 Å². The fraction of sp³-hybridized carbons (Fsp3) is 0.250. The molecule has 0 aromatic heterocycles. The average Bonchev–Trinajstić information content (AvgIpc) is 2.92. The van der Waals surface area contributed by atoms with E-state index in [1.807, 2.05) is 0 Å². The van der Waals surface area contributed by atoms with Crippen LogP contribution in [0.15, 0.2) is 121 Å². The molecular weight excluding hydrogens is 534 g/mol. The molecule has 4 aromatic carbocycles. The van der Waals surface area contributed by atoms with Crippen LogP contribution in [0.5, 0.6) is 0 Å². The van der Waals surface area contributed by atoms with E-state index in [2.05, 4.69) is 121 Å². The summed E-state index contributed by atoms with van der Waals surface area (Å²) in [5.74, 6) is 0. The van der Waals surface area contributed by atoms with Crippen LogP contribution < -0.4 is 17.4 Å². The van der Waals surface area contributed by atoms with Crippen LogP contribution in [0.4, 0.5) is 0 Å². The molecule has 0 saturated heterocycles. The summed E-state index contributed by atoms with van der Waals surface area (Å²) < 4.78 is 6.39. The molecule has 4 aromatic rings. The molecule has 0 heterocycles. The standard InChI is InChI=1S/C32H36As2/c1(3-17-27-33(29-19-9-5-10-20-29)30-21-11-6-12-22-30)2-4-18-28-34(31-23-13-7-14-24-31)32-25-15-8-16-26-32/h5-16,19-26H,1-4,17-18,27-28H2. The summed E-state index contributed by atoms with van der Waals surface area (Å²) in [6, 6.07) is 45.1. The van der Waals surface area contributed by atoms with Crippen LogP contribution in [-0.2, 0) is 0 Å². The Hall–Kier alpha value is -2.00. The normalized spacial score (nSPS) is 11.2. The summed E-state index contributed by atoms with van der Waals surface area (Å²) >= 11 is -2.35. The van der Waals surface area contributed by atoms with Crippen LogP contribution in [0.2, 0.25) is 10.4 Å². The van der Waals surface area contributed by atoms with Gasteiger partial charge in [-0.15, -0.1) is 0 Å². The molecule has 0 bridgehead atoms. The van der Waals surface area contributed by atoms with Gasteiger partial charge in [-0.3, -0.25) is 0 Å². The minimum atomic E-state index is -1.17. The number of rotatable bonds is 13. The Labute approximate surface area is 216 Å². The predicted molar refractivity (Wildman–Crippen MR) is 153 cm³/mol. The molecule has 0 N–H and O–H groups in total. The van der Waals surface area contributed by atoms with Crippen molar-refractivity contribution in [3.8, 4) is 0 Å². The molecule has 0 fully saturated rings. The van der Waals surface area contributed by atoms with Crippen molar-refractivity contribution in [1.82, 2.24) is 0 Å². The van der Waals surface area contributed by atoms with E-state index in [-0.39, 0.29) is 0 Å². The first-order valence-corrected chi connectivity index (χ1v) is 19.1. The van der Waals surface area contributed by atoms with Crippen molar-refractivity contribution in [1.29, 1.82) is 0 Å². The molecule has 0 saturated carbocycles. The zero-order valence-corrected chi connectivity index (χ0v) is 23.9. The van der Waals surface area contributed by atoms with Crippen molar-refractivity contribution in [3.05, 3.63) is 121 Å². The fourth-order valence-electron chi connectivity index (χ4n) is 4.49. The number of unbranched alkanes of at least 4 members (excludes halogenated alkanes) is 5. The van der Waals surface area contributed by atoms with E-state index in [0.717, 1.165) is 0 Å². The molecule has 0 atom stereocenters. The Morgan fingerprint density at radius 1 is 0.294 bits per heavy atom. The molecule has 4 rings (SSSR count). The van der Waals surface area contributed by atoms with E-state index >= 15 is 0 Å². The van der Waals surface area contributed by atoms with Crippen molar-refractivity contribution in [2.45, 2.75) is 48.9 Å². The van der Waals surface area contributed by atoms with Crippen LogP contribution in [0.1, 0.15) is 38.5 Å². The van der Waals surface area contributed by atoms with E-state index in [1.165, 1.54) is 48.9 Å². The minimum absolute atomic E-state index is 1.17. The first-order chi connectivity index (χ1) is 16.9. The Balaban J connectivity index is 1.21. The molecule has 0 aliphatic rings. The SMILES string of the molecule is c1ccc([As](CCCCCCCC[As](c2ccccc2)c2ccccc2)c2ccccc2)cc1. The predicted octanol–water partition coefficient (Wildman–Crippen LogP) is 5.95. The van der Waals surface area contributed by atoms with E-state index in [9.17, 15) is 0 Å². The molecule has 0 nitrogen and oxygen atoms in total. The molecule has 174 valence electrons. The van der Waals surface area contributed by atoms with Crippen LogP contribution >= 0.6 is 0 Å². The average molecular weight is 570 g/mol. The van der Waals surface area contributed by atoms with Crippen molar-refractivity contribution < 1.29 is 0 Å². The third kappa shape index (κ3) is 7.76. The maximum absolute atomic E-state index is 2.35. The number of hydrogen-bond acceptors (Lipinski definition) is 0. The van der Waals surface area contributed by atoms with Gasteiger partial charge in [0.15, 0.2) is 0 Å². The van der Waals surface area contributed by atoms with Gasteiger partial charge in [-0.1, -0.05) is 0 Å². The number of benzene rings is 4. The van der Waals surface area contributed by atoms with Crippen LogP contribution in [0.25, 0.3) is 0 Å². The molecular formula is C32H36As2. The zero-order valence-electron chi connectivity index (χ0n) is 20.1. The maximum atomic E-state index is 2.35. The van der Waals surface area contributed by atoms with Gasteiger partial charge in [0.05, 0.1) is 0 Å². The monoisotopic (exact) mass is 570 g/mol. The molecule has 0 radical (unpaired) electrons. The molecule has 2 heteroatoms. The summed E-state index contributed by atoms with van der Waals surface area (Å²) in [4.78, 5) is 0. The first-order valence-electron chi connectivity index (χ1n) is 12.7. The van der Waals surface area contributed by atoms with Gasteiger partial charge in [-0.05, 0) is 0 Å². The van der Waals surface area contributed by atoms with E-state index < -0.39 is 29.3 Å². The van der Waals surface area contributed by atoms with E-state index in [0.29, 0.717) is 0 Å². The molecule has 0 amide bonds. The number of hydrogen-bond donors (Lipinski definition) is 0. The summed E-state index contributed by atoms with van der Waals surface area (Å²) in [6.45, 7) is 0. The quantitative estimate of drug-likeness (QED) is 0.138. The van der Waals surface area contributed by atoms with Crippen LogP contribution in [0.3, 0.4) is 0 Å². The van der Waals surface area contributed by atoms with Gasteiger partial charge < -0.3 is 0 Å². The van der Waals surface area contributed by atoms with Crippen LogP contribution in [-0.4, -0.2) is 29.3 Å². The van der Waals surface area contributed by atoms with Gasteiger partial charge in [0.2, 0.25) is 0 Å². The second kappa shape index (κ2) is 14.4. The fourth-order valence-corrected chi connectivity index (χ4v) is 14.6. The molecule has 0 unspecified atom stereocenters. The van der Waals surface area contributed by atoms with Gasteiger partial charge in [-0.25, -0.2) is 0 Å². The van der Waals surface area contributed by atoms with Gasteiger partial charge in [0.1, 0.15) is 0 Å². The Morgan fingerprint density at radius 2 is 0.529 bits per heavy atom. The van der Waals surface area contributed by atoms with Crippen molar-refractivity contribution in [2.75, 3.05) is 0 Å². The van der Waals surface area contributed by atoms with E-state index in [1.54, 1.807) is 17.4 Å². The van der Waals surface area contributed by atoms with Gasteiger partial charge in [-0.2, -0.15) is 0 Å². The Bertz CT molecular complexity index is 881. The van der Waals surface area contributed by atoms with E-state index in [4.69, 9.17) is 0 Å². The summed E-state index contributed by atoms with van der Waals surface area (Å²) in [6.07, 6.45) is 8.27. The molecule has 0 spiro atoms. The molecule has 0 aliphatic carbocycles. The third-order valence-electron chi connectivity index (χ3n) is 6.28. The second-order valence-electron chi connectivity index (χ2n) is 8.77. The second-order valence-corrected chi connectivity index (χ2v) is 18.6. The summed E-state index contributed by atoms with van der Waals surface area (Å²) in [7, 11) is 0. The van der Waals surface area contributed by atoms with Crippen molar-refractivity contribution in [2.24, 2.45) is 0 Å².